The number of hydrogen-bond donors (Lipinski definition) is 2. The minimum atomic E-state index is 0.753. The molecule has 2 saturated carbocycles. The fourth-order valence-corrected chi connectivity index (χ4v) is 2.76. The van der Waals surface area contributed by atoms with Crippen molar-refractivity contribution >= 4 is 0 Å². The molecule has 3 rings (SSSR count). The summed E-state index contributed by atoms with van der Waals surface area (Å²) in [7, 11) is 0. The first-order valence-corrected chi connectivity index (χ1v) is 6.39. The van der Waals surface area contributed by atoms with E-state index in [1.165, 1.54) is 32.2 Å². The van der Waals surface area contributed by atoms with Crippen molar-refractivity contribution in [3.8, 4) is 0 Å². The lowest BCUT2D eigenvalue weighted by Crippen LogP contribution is -2.36. The van der Waals surface area contributed by atoms with E-state index in [4.69, 9.17) is 0 Å². The van der Waals surface area contributed by atoms with Gasteiger partial charge in [0.05, 0.1) is 0 Å². The average Bonchev–Trinajstić information content (AvgIpc) is 2.96. The van der Waals surface area contributed by atoms with Crippen LogP contribution in [0.5, 0.6) is 0 Å². The molecule has 0 spiro atoms. The highest BCUT2D eigenvalue weighted by atomic mass is 14.9. The largest absolute Gasteiger partial charge is 0.312 e. The Morgan fingerprint density at radius 3 is 2.60 bits per heavy atom. The third-order valence-electron chi connectivity index (χ3n) is 4.48. The van der Waals surface area contributed by atoms with Gasteiger partial charge >= 0.3 is 0 Å². The third kappa shape index (κ3) is 1.98. The lowest BCUT2D eigenvalue weighted by molar-refractivity contribution is 0.411. The molecule has 84 valence electrons. The second kappa shape index (κ2) is 3.60. The standard InChI is InChI=1S/C13H22N2/c1-10(11-7-14-8-11)6-15-9-13(4-5-13)12-2-3-12/h12,14-15H,2-9H2,1H3. The molecule has 0 amide bonds. The molecule has 1 aliphatic heterocycles. The number of nitrogens with one attached hydrogen (secondary N) is 2. The quantitative estimate of drug-likeness (QED) is 0.669. The molecule has 2 heteroatoms. The molecule has 0 radical (unpaired) electrons. The summed E-state index contributed by atoms with van der Waals surface area (Å²) in [4.78, 5) is 0. The fourth-order valence-electron chi connectivity index (χ4n) is 2.76. The molecular weight excluding hydrogens is 184 g/mol. The van der Waals surface area contributed by atoms with Gasteiger partial charge in [0.2, 0.25) is 0 Å². The SMILES string of the molecule is CC(CNCC1(C2CC2)CC1)=C1CNC1. The van der Waals surface area contributed by atoms with Crippen LogP contribution < -0.4 is 10.6 Å². The molecule has 2 aliphatic carbocycles. The third-order valence-corrected chi connectivity index (χ3v) is 4.48. The summed E-state index contributed by atoms with van der Waals surface area (Å²) in [5.74, 6) is 1.09. The minimum absolute atomic E-state index is 0.753. The Morgan fingerprint density at radius 2 is 2.13 bits per heavy atom. The predicted octanol–water partition coefficient (Wildman–Crippen LogP) is 1.69. The van der Waals surface area contributed by atoms with E-state index in [0.717, 1.165) is 31.0 Å². The van der Waals surface area contributed by atoms with Crippen molar-refractivity contribution in [1.29, 1.82) is 0 Å². The topological polar surface area (TPSA) is 24.1 Å². The van der Waals surface area contributed by atoms with E-state index in [9.17, 15) is 0 Å². The van der Waals surface area contributed by atoms with Crippen molar-refractivity contribution in [3.63, 3.8) is 0 Å². The summed E-state index contributed by atoms with van der Waals surface area (Å²) < 4.78 is 0. The van der Waals surface area contributed by atoms with Gasteiger partial charge in [-0.05, 0) is 49.5 Å². The lowest BCUT2D eigenvalue weighted by Gasteiger charge is -2.23. The minimum Gasteiger partial charge on any atom is -0.312 e. The molecule has 0 atom stereocenters. The molecule has 3 fully saturated rings. The predicted molar refractivity (Wildman–Crippen MR) is 62.8 cm³/mol. The zero-order valence-corrected chi connectivity index (χ0v) is 9.73. The molecule has 0 unspecified atom stereocenters. The molecule has 1 heterocycles. The Balaban J connectivity index is 1.43. The van der Waals surface area contributed by atoms with Crippen molar-refractivity contribution in [2.75, 3.05) is 26.2 Å². The van der Waals surface area contributed by atoms with Crippen LogP contribution >= 0.6 is 0 Å². The van der Waals surface area contributed by atoms with Gasteiger partial charge in [0.15, 0.2) is 0 Å². The summed E-state index contributed by atoms with van der Waals surface area (Å²) in [6, 6.07) is 0. The van der Waals surface area contributed by atoms with Crippen molar-refractivity contribution < 1.29 is 0 Å². The molecule has 2 N–H and O–H groups in total. The summed E-state index contributed by atoms with van der Waals surface area (Å²) in [6.45, 7) is 6.92. The van der Waals surface area contributed by atoms with Crippen molar-refractivity contribution in [2.45, 2.75) is 32.6 Å². The molecule has 0 bridgehead atoms. The second-order valence-corrected chi connectivity index (χ2v) is 5.73. The molecule has 3 aliphatic rings. The Labute approximate surface area is 92.5 Å². The van der Waals surface area contributed by atoms with Crippen LogP contribution in [-0.2, 0) is 0 Å². The normalized spacial score (nSPS) is 27.4. The van der Waals surface area contributed by atoms with E-state index in [-0.39, 0.29) is 0 Å². The highest BCUT2D eigenvalue weighted by Crippen LogP contribution is 2.60. The van der Waals surface area contributed by atoms with Gasteiger partial charge in [0.1, 0.15) is 0 Å². The maximum atomic E-state index is 3.67. The Morgan fingerprint density at radius 1 is 1.40 bits per heavy atom. The first kappa shape index (κ1) is 9.86. The highest BCUT2D eigenvalue weighted by molar-refractivity contribution is 5.22. The van der Waals surface area contributed by atoms with Crippen LogP contribution in [0, 0.1) is 11.3 Å². The first-order valence-electron chi connectivity index (χ1n) is 6.39. The zero-order valence-electron chi connectivity index (χ0n) is 9.73. The summed E-state index contributed by atoms with van der Waals surface area (Å²) in [5.41, 5.74) is 3.95. The van der Waals surface area contributed by atoms with Crippen molar-refractivity contribution in [1.82, 2.24) is 10.6 Å². The van der Waals surface area contributed by atoms with Crippen LogP contribution in [0.2, 0.25) is 0 Å². The van der Waals surface area contributed by atoms with Gasteiger partial charge in [-0.15, -0.1) is 0 Å². The molecular formula is C13H22N2. The van der Waals surface area contributed by atoms with Crippen LogP contribution in [0.1, 0.15) is 32.6 Å². The van der Waals surface area contributed by atoms with Gasteiger partial charge < -0.3 is 10.6 Å². The van der Waals surface area contributed by atoms with Gasteiger partial charge in [0.25, 0.3) is 0 Å². The van der Waals surface area contributed by atoms with Gasteiger partial charge in [-0.1, -0.05) is 5.57 Å². The molecule has 0 aromatic carbocycles. The summed E-state index contributed by atoms with van der Waals surface area (Å²) in [6.07, 6.45) is 5.99. The molecule has 15 heavy (non-hydrogen) atoms. The first-order chi connectivity index (χ1) is 7.30. The van der Waals surface area contributed by atoms with Crippen LogP contribution in [0.3, 0.4) is 0 Å². The maximum Gasteiger partial charge on any atom is 0.0183 e. The van der Waals surface area contributed by atoms with Crippen LogP contribution in [-0.4, -0.2) is 26.2 Å². The maximum absolute atomic E-state index is 3.67. The van der Waals surface area contributed by atoms with E-state index in [1.807, 2.05) is 0 Å². The molecule has 1 saturated heterocycles. The van der Waals surface area contributed by atoms with Gasteiger partial charge in [-0.3, -0.25) is 0 Å². The number of hydrogen-bond acceptors (Lipinski definition) is 2. The second-order valence-electron chi connectivity index (χ2n) is 5.73. The van der Waals surface area contributed by atoms with Crippen LogP contribution in [0.4, 0.5) is 0 Å². The highest BCUT2D eigenvalue weighted by Gasteiger charge is 2.53. The Hall–Kier alpha value is -0.340. The van der Waals surface area contributed by atoms with E-state index >= 15 is 0 Å². The van der Waals surface area contributed by atoms with Gasteiger partial charge in [-0.2, -0.15) is 0 Å². The van der Waals surface area contributed by atoms with E-state index < -0.39 is 0 Å². The van der Waals surface area contributed by atoms with Crippen LogP contribution in [0.25, 0.3) is 0 Å². The smallest absolute Gasteiger partial charge is 0.0183 e. The Kier molecular flexibility index (Phi) is 2.37. The monoisotopic (exact) mass is 206 g/mol. The average molecular weight is 206 g/mol. The van der Waals surface area contributed by atoms with Crippen molar-refractivity contribution in [2.24, 2.45) is 11.3 Å². The van der Waals surface area contributed by atoms with Gasteiger partial charge in [0, 0.05) is 26.2 Å². The summed E-state index contributed by atoms with van der Waals surface area (Å²) >= 11 is 0. The van der Waals surface area contributed by atoms with E-state index in [0.29, 0.717) is 0 Å². The molecule has 0 aromatic rings. The van der Waals surface area contributed by atoms with Gasteiger partial charge in [-0.25, -0.2) is 0 Å². The molecule has 2 nitrogen and oxygen atoms in total. The van der Waals surface area contributed by atoms with E-state index in [2.05, 4.69) is 17.6 Å². The molecule has 0 aromatic heterocycles. The van der Waals surface area contributed by atoms with Crippen LogP contribution in [0.15, 0.2) is 11.1 Å². The lowest BCUT2D eigenvalue weighted by atomic mass is 10.00. The Bertz CT molecular complexity index is 279. The van der Waals surface area contributed by atoms with E-state index in [1.54, 1.807) is 11.1 Å². The summed E-state index contributed by atoms with van der Waals surface area (Å²) in [5, 5.41) is 6.98. The fraction of sp³-hybridized carbons (Fsp3) is 0.846. The zero-order chi connectivity index (χ0) is 10.3. The van der Waals surface area contributed by atoms with Crippen molar-refractivity contribution in [3.05, 3.63) is 11.1 Å². The number of rotatable bonds is 5.